The lowest BCUT2D eigenvalue weighted by Gasteiger charge is -2.19. The monoisotopic (exact) mass is 259 g/mol. The molecule has 1 heterocycles. The van der Waals surface area contributed by atoms with Crippen molar-refractivity contribution in [1.82, 2.24) is 9.55 Å². The van der Waals surface area contributed by atoms with Gasteiger partial charge >= 0.3 is 0 Å². The molecule has 0 aliphatic heterocycles. The van der Waals surface area contributed by atoms with E-state index in [0.717, 1.165) is 11.1 Å². The first kappa shape index (κ1) is 13.3. The van der Waals surface area contributed by atoms with Gasteiger partial charge < -0.3 is 4.57 Å². The van der Waals surface area contributed by atoms with E-state index in [2.05, 4.69) is 4.98 Å². The molecule has 19 heavy (non-hydrogen) atoms. The maximum Gasteiger partial charge on any atom is 0.273 e. The third-order valence-electron chi connectivity index (χ3n) is 2.99. The number of hydrogen-bond acceptors (Lipinski definition) is 3. The minimum absolute atomic E-state index is 0.185. The Hall–Kier alpha value is -2.17. The second-order valence-corrected chi connectivity index (χ2v) is 5.59. The molecule has 0 spiro atoms. The highest BCUT2D eigenvalue weighted by Crippen LogP contribution is 2.31. The Bertz CT molecular complexity index is 583. The van der Waals surface area contributed by atoms with E-state index in [9.17, 15) is 10.1 Å². The van der Waals surface area contributed by atoms with Crippen LogP contribution in [0.15, 0.2) is 36.9 Å². The van der Waals surface area contributed by atoms with Gasteiger partial charge in [-0.2, -0.15) is 0 Å². The van der Waals surface area contributed by atoms with Crippen LogP contribution < -0.4 is 0 Å². The van der Waals surface area contributed by atoms with E-state index >= 15 is 0 Å². The summed E-state index contributed by atoms with van der Waals surface area (Å²) >= 11 is 0. The lowest BCUT2D eigenvalue weighted by Crippen LogP contribution is -2.14. The van der Waals surface area contributed by atoms with Gasteiger partial charge in [0.15, 0.2) is 0 Å². The molecule has 0 N–H and O–H groups in total. The minimum atomic E-state index is -0.308. The van der Waals surface area contributed by atoms with E-state index in [1.165, 1.54) is 0 Å². The summed E-state index contributed by atoms with van der Waals surface area (Å²) in [5.74, 6) is 0. The molecular formula is C14H17N3O2. The number of hydrogen-bond donors (Lipinski definition) is 0. The van der Waals surface area contributed by atoms with Crippen LogP contribution in [0.5, 0.6) is 0 Å². The van der Waals surface area contributed by atoms with Crippen LogP contribution in [0.4, 0.5) is 5.69 Å². The molecule has 0 atom stereocenters. The van der Waals surface area contributed by atoms with E-state index in [4.69, 9.17) is 0 Å². The second-order valence-electron chi connectivity index (χ2n) is 5.59. The van der Waals surface area contributed by atoms with Gasteiger partial charge in [-0.3, -0.25) is 10.1 Å². The zero-order valence-corrected chi connectivity index (χ0v) is 11.3. The summed E-state index contributed by atoms with van der Waals surface area (Å²) in [6.45, 7) is 6.52. The number of nitro groups is 1. The van der Waals surface area contributed by atoms with Gasteiger partial charge in [0.1, 0.15) is 0 Å². The zero-order valence-electron chi connectivity index (χ0n) is 11.3. The molecule has 2 rings (SSSR count). The van der Waals surface area contributed by atoms with Crippen molar-refractivity contribution in [1.29, 1.82) is 0 Å². The molecule has 0 radical (unpaired) electrons. The molecule has 0 fully saturated rings. The van der Waals surface area contributed by atoms with Crippen LogP contribution in [0.2, 0.25) is 0 Å². The lowest BCUT2D eigenvalue weighted by molar-refractivity contribution is -0.386. The average molecular weight is 259 g/mol. The number of nitrogens with zero attached hydrogens (tertiary/aromatic N) is 3. The molecule has 0 saturated heterocycles. The Morgan fingerprint density at radius 2 is 2.11 bits per heavy atom. The molecule has 0 aliphatic rings. The Labute approximate surface area is 112 Å². The maximum atomic E-state index is 11.2. The van der Waals surface area contributed by atoms with Gasteiger partial charge in [0.25, 0.3) is 5.69 Å². The molecule has 2 aromatic rings. The van der Waals surface area contributed by atoms with Crippen LogP contribution in [0, 0.1) is 10.1 Å². The van der Waals surface area contributed by atoms with Gasteiger partial charge in [0, 0.05) is 30.6 Å². The Kier molecular flexibility index (Phi) is 3.38. The Balaban J connectivity index is 2.39. The molecule has 5 nitrogen and oxygen atoms in total. The quantitative estimate of drug-likeness (QED) is 0.628. The largest absolute Gasteiger partial charge is 0.333 e. The number of imidazole rings is 1. The smallest absolute Gasteiger partial charge is 0.273 e. The average Bonchev–Trinajstić information content (AvgIpc) is 2.80. The number of benzene rings is 1. The first-order valence-electron chi connectivity index (χ1n) is 6.11. The Morgan fingerprint density at radius 1 is 1.37 bits per heavy atom. The summed E-state index contributed by atoms with van der Waals surface area (Å²) in [7, 11) is 0. The highest BCUT2D eigenvalue weighted by atomic mass is 16.6. The first-order valence-corrected chi connectivity index (χ1v) is 6.11. The molecule has 5 heteroatoms. The predicted molar refractivity (Wildman–Crippen MR) is 73.1 cm³/mol. The van der Waals surface area contributed by atoms with Crippen molar-refractivity contribution < 1.29 is 4.92 Å². The van der Waals surface area contributed by atoms with Gasteiger partial charge in [0.2, 0.25) is 0 Å². The first-order chi connectivity index (χ1) is 8.88. The van der Waals surface area contributed by atoms with Crippen LogP contribution in [0.3, 0.4) is 0 Å². The summed E-state index contributed by atoms with van der Waals surface area (Å²) in [5, 5.41) is 11.2. The van der Waals surface area contributed by atoms with Gasteiger partial charge in [-0.15, -0.1) is 0 Å². The van der Waals surface area contributed by atoms with Crippen molar-refractivity contribution in [3.8, 4) is 0 Å². The van der Waals surface area contributed by atoms with Crippen molar-refractivity contribution in [3.05, 3.63) is 58.2 Å². The van der Waals surface area contributed by atoms with E-state index in [1.807, 2.05) is 43.7 Å². The molecule has 100 valence electrons. The highest BCUT2D eigenvalue weighted by Gasteiger charge is 2.24. The summed E-state index contributed by atoms with van der Waals surface area (Å²) in [4.78, 5) is 14.9. The van der Waals surface area contributed by atoms with Gasteiger partial charge in [0.05, 0.1) is 11.3 Å². The minimum Gasteiger partial charge on any atom is -0.333 e. The van der Waals surface area contributed by atoms with Crippen molar-refractivity contribution in [2.24, 2.45) is 0 Å². The van der Waals surface area contributed by atoms with E-state index in [0.29, 0.717) is 6.54 Å². The number of nitro benzene ring substituents is 1. The normalized spacial score (nSPS) is 11.5. The van der Waals surface area contributed by atoms with Gasteiger partial charge in [-0.1, -0.05) is 32.9 Å². The van der Waals surface area contributed by atoms with Crippen LogP contribution in [-0.2, 0) is 12.0 Å². The molecule has 0 bridgehead atoms. The number of rotatable bonds is 3. The van der Waals surface area contributed by atoms with Crippen LogP contribution in [0.1, 0.15) is 31.9 Å². The van der Waals surface area contributed by atoms with Crippen molar-refractivity contribution in [3.63, 3.8) is 0 Å². The van der Waals surface area contributed by atoms with E-state index in [-0.39, 0.29) is 16.0 Å². The second kappa shape index (κ2) is 4.84. The summed E-state index contributed by atoms with van der Waals surface area (Å²) in [5.41, 5.74) is 1.60. The molecule has 1 aromatic carbocycles. The Morgan fingerprint density at radius 3 is 2.63 bits per heavy atom. The molecule has 0 unspecified atom stereocenters. The standard InChI is InChI=1S/C14H17N3O2/c1-14(2,3)12-5-4-11(8-13(12)17(18)19)9-16-7-6-15-10-16/h4-8,10H,9H2,1-3H3. The summed E-state index contributed by atoms with van der Waals surface area (Å²) in [6, 6.07) is 5.44. The third kappa shape index (κ3) is 2.99. The number of aromatic nitrogens is 2. The topological polar surface area (TPSA) is 61.0 Å². The fourth-order valence-electron chi connectivity index (χ4n) is 2.05. The van der Waals surface area contributed by atoms with Gasteiger partial charge in [-0.25, -0.2) is 4.98 Å². The third-order valence-corrected chi connectivity index (χ3v) is 2.99. The molecular weight excluding hydrogens is 242 g/mol. The molecule has 0 amide bonds. The summed E-state index contributed by atoms with van der Waals surface area (Å²) in [6.07, 6.45) is 5.23. The molecule has 0 aliphatic carbocycles. The SMILES string of the molecule is CC(C)(C)c1ccc(Cn2ccnc2)cc1[N+](=O)[O-]. The summed E-state index contributed by atoms with van der Waals surface area (Å²) < 4.78 is 1.88. The maximum absolute atomic E-state index is 11.2. The van der Waals surface area contributed by atoms with Crippen LogP contribution in [0.25, 0.3) is 0 Å². The van der Waals surface area contributed by atoms with Crippen molar-refractivity contribution in [2.45, 2.75) is 32.7 Å². The van der Waals surface area contributed by atoms with E-state index < -0.39 is 0 Å². The highest BCUT2D eigenvalue weighted by molar-refractivity contribution is 5.47. The van der Waals surface area contributed by atoms with Crippen molar-refractivity contribution >= 4 is 5.69 Å². The fourth-order valence-corrected chi connectivity index (χ4v) is 2.05. The predicted octanol–water partition coefficient (Wildman–Crippen LogP) is 3.14. The molecule has 1 aromatic heterocycles. The van der Waals surface area contributed by atoms with Crippen LogP contribution in [-0.4, -0.2) is 14.5 Å². The fraction of sp³-hybridized carbons (Fsp3) is 0.357. The lowest BCUT2D eigenvalue weighted by atomic mass is 9.85. The van der Waals surface area contributed by atoms with E-state index in [1.54, 1.807) is 18.6 Å². The molecule has 0 saturated carbocycles. The van der Waals surface area contributed by atoms with Crippen LogP contribution >= 0.6 is 0 Å². The van der Waals surface area contributed by atoms with Crippen molar-refractivity contribution in [2.75, 3.05) is 0 Å². The van der Waals surface area contributed by atoms with Gasteiger partial charge in [-0.05, 0) is 11.0 Å². The zero-order chi connectivity index (χ0) is 14.0.